The molecule has 0 spiro atoms. The van der Waals surface area contributed by atoms with Gasteiger partial charge in [0, 0.05) is 17.4 Å². The monoisotopic (exact) mass is 344 g/mol. The average molecular weight is 345 g/mol. The van der Waals surface area contributed by atoms with E-state index in [0.29, 0.717) is 5.75 Å². The van der Waals surface area contributed by atoms with E-state index in [1.807, 2.05) is 0 Å². The van der Waals surface area contributed by atoms with Gasteiger partial charge >= 0.3 is 6.18 Å². The Bertz CT molecular complexity index is 748. The van der Waals surface area contributed by atoms with Crippen LogP contribution in [-0.4, -0.2) is 13.0 Å². The largest absolute Gasteiger partial charge is 0.497 e. The lowest BCUT2D eigenvalue weighted by atomic mass is 10.1. The van der Waals surface area contributed by atoms with Gasteiger partial charge in [0.2, 0.25) is 0 Å². The molecule has 0 unspecified atom stereocenters. The quantitative estimate of drug-likeness (QED) is 0.820. The molecule has 23 heavy (non-hydrogen) atoms. The van der Waals surface area contributed by atoms with Crippen LogP contribution in [0.2, 0.25) is 5.02 Å². The SMILES string of the molecule is COc1ccc(C(=O)Nc2ccc(Cl)c(C(F)(F)F)c2)c(N)c1. The third-order valence-electron chi connectivity index (χ3n) is 3.03. The zero-order chi connectivity index (χ0) is 17.2. The second-order valence-corrected chi connectivity index (χ2v) is 5.01. The molecule has 3 N–H and O–H groups in total. The number of anilines is 2. The highest BCUT2D eigenvalue weighted by Crippen LogP contribution is 2.36. The van der Waals surface area contributed by atoms with Crippen LogP contribution < -0.4 is 15.8 Å². The van der Waals surface area contributed by atoms with Gasteiger partial charge in [0.15, 0.2) is 0 Å². The van der Waals surface area contributed by atoms with Gasteiger partial charge in [-0.2, -0.15) is 13.2 Å². The molecule has 0 aliphatic carbocycles. The Hall–Kier alpha value is -2.41. The van der Waals surface area contributed by atoms with Gasteiger partial charge in [0.05, 0.1) is 23.3 Å². The van der Waals surface area contributed by atoms with Crippen molar-refractivity contribution >= 4 is 28.9 Å². The first-order valence-electron chi connectivity index (χ1n) is 6.34. The Morgan fingerprint density at radius 3 is 2.48 bits per heavy atom. The maximum absolute atomic E-state index is 12.8. The number of alkyl halides is 3. The summed E-state index contributed by atoms with van der Waals surface area (Å²) >= 11 is 5.53. The molecule has 0 bridgehead atoms. The van der Waals surface area contributed by atoms with Crippen LogP contribution in [0.1, 0.15) is 15.9 Å². The molecule has 1 amide bonds. The topological polar surface area (TPSA) is 64.3 Å². The van der Waals surface area contributed by atoms with E-state index < -0.39 is 22.7 Å². The van der Waals surface area contributed by atoms with Crippen molar-refractivity contribution in [3.8, 4) is 5.75 Å². The van der Waals surface area contributed by atoms with Crippen molar-refractivity contribution in [3.05, 3.63) is 52.5 Å². The number of carbonyl (C=O) groups excluding carboxylic acids is 1. The third-order valence-corrected chi connectivity index (χ3v) is 3.36. The minimum absolute atomic E-state index is 0.0399. The van der Waals surface area contributed by atoms with Crippen molar-refractivity contribution in [2.24, 2.45) is 0 Å². The first-order chi connectivity index (χ1) is 10.7. The highest BCUT2D eigenvalue weighted by molar-refractivity contribution is 6.31. The first-order valence-corrected chi connectivity index (χ1v) is 6.72. The Labute approximate surface area is 135 Å². The molecule has 0 saturated heterocycles. The summed E-state index contributed by atoms with van der Waals surface area (Å²) in [5.41, 5.74) is 4.93. The molecule has 0 radical (unpaired) electrons. The number of benzene rings is 2. The Morgan fingerprint density at radius 2 is 1.91 bits per heavy atom. The van der Waals surface area contributed by atoms with Crippen LogP contribution in [0.4, 0.5) is 24.5 Å². The average Bonchev–Trinajstić information content (AvgIpc) is 2.47. The summed E-state index contributed by atoms with van der Waals surface area (Å²) in [6.45, 7) is 0. The first kappa shape index (κ1) is 17.0. The van der Waals surface area contributed by atoms with Gasteiger partial charge in [-0.05, 0) is 30.3 Å². The van der Waals surface area contributed by atoms with Crippen molar-refractivity contribution in [2.45, 2.75) is 6.18 Å². The van der Waals surface area contributed by atoms with E-state index in [4.69, 9.17) is 22.1 Å². The van der Waals surface area contributed by atoms with E-state index in [1.54, 1.807) is 0 Å². The van der Waals surface area contributed by atoms with Crippen molar-refractivity contribution in [3.63, 3.8) is 0 Å². The maximum Gasteiger partial charge on any atom is 0.417 e. The highest BCUT2D eigenvalue weighted by Gasteiger charge is 2.33. The standard InChI is InChI=1S/C15H12ClF3N2O2/c1-23-9-3-4-10(13(20)7-9)14(22)21-8-2-5-12(16)11(6-8)15(17,18)19/h2-7H,20H2,1H3,(H,21,22). The van der Waals surface area contributed by atoms with E-state index >= 15 is 0 Å². The van der Waals surface area contributed by atoms with E-state index in [1.165, 1.54) is 31.4 Å². The normalized spacial score (nSPS) is 11.2. The van der Waals surface area contributed by atoms with Crippen molar-refractivity contribution in [1.82, 2.24) is 0 Å². The predicted octanol–water partition coefficient (Wildman–Crippen LogP) is 4.20. The highest BCUT2D eigenvalue weighted by atomic mass is 35.5. The minimum atomic E-state index is -4.61. The van der Waals surface area contributed by atoms with Crippen LogP contribution in [0.25, 0.3) is 0 Å². The van der Waals surface area contributed by atoms with E-state index in [0.717, 1.165) is 12.1 Å². The summed E-state index contributed by atoms with van der Waals surface area (Å²) < 4.78 is 43.4. The number of amides is 1. The van der Waals surface area contributed by atoms with Crippen LogP contribution in [0.3, 0.4) is 0 Å². The number of halogens is 4. The van der Waals surface area contributed by atoms with Gasteiger partial charge < -0.3 is 15.8 Å². The molecule has 0 atom stereocenters. The van der Waals surface area contributed by atoms with Crippen molar-refractivity contribution < 1.29 is 22.7 Å². The van der Waals surface area contributed by atoms with E-state index in [-0.39, 0.29) is 16.9 Å². The Morgan fingerprint density at radius 1 is 1.22 bits per heavy atom. The molecule has 0 aliphatic rings. The van der Waals surface area contributed by atoms with E-state index in [9.17, 15) is 18.0 Å². The zero-order valence-electron chi connectivity index (χ0n) is 11.9. The van der Waals surface area contributed by atoms with Crippen molar-refractivity contribution in [1.29, 1.82) is 0 Å². The van der Waals surface area contributed by atoms with Gasteiger partial charge in [0.1, 0.15) is 5.75 Å². The molecule has 0 heterocycles. The number of hydrogen-bond acceptors (Lipinski definition) is 3. The lowest BCUT2D eigenvalue weighted by Gasteiger charge is -2.12. The number of carbonyl (C=O) groups is 1. The molecule has 0 fully saturated rings. The summed E-state index contributed by atoms with van der Waals surface area (Å²) in [6.07, 6.45) is -4.61. The van der Waals surface area contributed by atoms with Crippen LogP contribution in [0.5, 0.6) is 5.75 Å². The summed E-state index contributed by atoms with van der Waals surface area (Å²) in [6, 6.07) is 7.49. The van der Waals surface area contributed by atoms with Gasteiger partial charge in [-0.15, -0.1) is 0 Å². The fourth-order valence-electron chi connectivity index (χ4n) is 1.89. The number of nitrogens with one attached hydrogen (secondary N) is 1. The number of nitrogens with two attached hydrogens (primary N) is 1. The van der Waals surface area contributed by atoms with Crippen LogP contribution in [0, 0.1) is 0 Å². The smallest absolute Gasteiger partial charge is 0.417 e. The van der Waals surface area contributed by atoms with Gasteiger partial charge in [-0.25, -0.2) is 0 Å². The molecular formula is C15H12ClF3N2O2. The van der Waals surface area contributed by atoms with Crippen LogP contribution in [-0.2, 0) is 6.18 Å². The predicted molar refractivity (Wildman–Crippen MR) is 81.8 cm³/mol. The van der Waals surface area contributed by atoms with E-state index in [2.05, 4.69) is 5.32 Å². The summed E-state index contributed by atoms with van der Waals surface area (Å²) in [7, 11) is 1.45. The Kier molecular flexibility index (Phi) is 4.70. The minimum Gasteiger partial charge on any atom is -0.497 e. The molecule has 0 aromatic heterocycles. The maximum atomic E-state index is 12.8. The fourth-order valence-corrected chi connectivity index (χ4v) is 2.12. The molecule has 0 aliphatic heterocycles. The molecule has 0 saturated carbocycles. The Balaban J connectivity index is 2.27. The molecule has 2 aromatic rings. The summed E-state index contributed by atoms with van der Waals surface area (Å²) in [5.74, 6) is -0.175. The molecule has 4 nitrogen and oxygen atoms in total. The number of methoxy groups -OCH3 is 1. The molecule has 122 valence electrons. The third kappa shape index (κ3) is 3.87. The second kappa shape index (κ2) is 6.37. The zero-order valence-corrected chi connectivity index (χ0v) is 12.6. The lowest BCUT2D eigenvalue weighted by molar-refractivity contribution is -0.137. The number of hydrogen-bond donors (Lipinski definition) is 2. The number of ether oxygens (including phenoxy) is 1. The van der Waals surface area contributed by atoms with Gasteiger partial charge in [-0.1, -0.05) is 11.6 Å². The lowest BCUT2D eigenvalue weighted by Crippen LogP contribution is -2.15. The van der Waals surface area contributed by atoms with Crippen molar-refractivity contribution in [2.75, 3.05) is 18.2 Å². The van der Waals surface area contributed by atoms with Gasteiger partial charge in [-0.3, -0.25) is 4.79 Å². The summed E-state index contributed by atoms with van der Waals surface area (Å²) in [4.78, 5) is 12.1. The molecular weight excluding hydrogens is 333 g/mol. The number of nitrogen functional groups attached to an aromatic ring is 1. The molecule has 2 rings (SSSR count). The number of rotatable bonds is 3. The fraction of sp³-hybridized carbons (Fsp3) is 0.133. The van der Waals surface area contributed by atoms with Crippen LogP contribution in [0.15, 0.2) is 36.4 Å². The summed E-state index contributed by atoms with van der Waals surface area (Å²) in [5, 5.41) is 1.91. The molecule has 2 aromatic carbocycles. The molecule has 8 heteroatoms. The van der Waals surface area contributed by atoms with Gasteiger partial charge in [0.25, 0.3) is 5.91 Å². The van der Waals surface area contributed by atoms with Crippen LogP contribution >= 0.6 is 11.6 Å². The second-order valence-electron chi connectivity index (χ2n) is 4.60.